The largest absolute Gasteiger partial charge is 0.393 e. The highest BCUT2D eigenvalue weighted by Gasteiger charge is 2.23. The van der Waals surface area contributed by atoms with Gasteiger partial charge in [-0.2, -0.15) is 0 Å². The monoisotopic (exact) mass is 284 g/mol. The van der Waals surface area contributed by atoms with Gasteiger partial charge in [0, 0.05) is 17.6 Å². The number of hydrogen-bond donors (Lipinski definition) is 2. The van der Waals surface area contributed by atoms with E-state index in [1.165, 1.54) is 0 Å². The van der Waals surface area contributed by atoms with Crippen molar-refractivity contribution >= 4 is 16.7 Å². The van der Waals surface area contributed by atoms with E-state index in [0.717, 1.165) is 42.1 Å². The van der Waals surface area contributed by atoms with E-state index >= 15 is 0 Å². The topological polar surface area (TPSA) is 62.2 Å². The van der Waals surface area contributed by atoms with Crippen LogP contribution in [0.3, 0.4) is 0 Å². The van der Waals surface area contributed by atoms with Crippen LogP contribution in [0, 0.1) is 6.92 Å². The predicted octanol–water partition coefficient (Wildman–Crippen LogP) is 2.58. The molecule has 3 rings (SSSR count). The van der Waals surface area contributed by atoms with E-state index in [0.29, 0.717) is 5.56 Å². The van der Waals surface area contributed by atoms with E-state index < -0.39 is 0 Å². The van der Waals surface area contributed by atoms with Crippen LogP contribution in [-0.4, -0.2) is 28.1 Å². The average molecular weight is 284 g/mol. The van der Waals surface area contributed by atoms with E-state index in [2.05, 4.69) is 10.3 Å². The molecule has 2 N–H and O–H groups in total. The second kappa shape index (κ2) is 5.82. The van der Waals surface area contributed by atoms with Crippen molar-refractivity contribution in [3.63, 3.8) is 0 Å². The molecule has 1 aromatic carbocycles. The Balaban J connectivity index is 1.86. The van der Waals surface area contributed by atoms with Crippen LogP contribution in [0.2, 0.25) is 0 Å². The van der Waals surface area contributed by atoms with E-state index in [4.69, 9.17) is 0 Å². The first kappa shape index (κ1) is 14.0. The number of fused-ring (bicyclic) bond motifs is 1. The third-order valence-electron chi connectivity index (χ3n) is 4.25. The van der Waals surface area contributed by atoms with Crippen molar-refractivity contribution in [2.24, 2.45) is 0 Å². The lowest BCUT2D eigenvalue weighted by atomic mass is 9.92. The average Bonchev–Trinajstić information content (AvgIpc) is 2.49. The number of aryl methyl sites for hydroxylation is 1. The smallest absolute Gasteiger partial charge is 0.253 e. The fourth-order valence-electron chi connectivity index (χ4n) is 3.03. The van der Waals surface area contributed by atoms with Gasteiger partial charge in [-0.05, 0) is 38.0 Å². The lowest BCUT2D eigenvalue weighted by Gasteiger charge is -2.26. The highest BCUT2D eigenvalue weighted by Crippen LogP contribution is 2.22. The van der Waals surface area contributed by atoms with Gasteiger partial charge in [-0.25, -0.2) is 0 Å². The van der Waals surface area contributed by atoms with Crippen LogP contribution in [0.4, 0.5) is 0 Å². The van der Waals surface area contributed by atoms with Gasteiger partial charge in [0.15, 0.2) is 0 Å². The van der Waals surface area contributed by atoms with E-state index in [9.17, 15) is 9.90 Å². The fourth-order valence-corrected chi connectivity index (χ4v) is 3.03. The maximum atomic E-state index is 12.6. The number of rotatable bonds is 2. The third kappa shape index (κ3) is 2.90. The van der Waals surface area contributed by atoms with E-state index in [1.807, 2.05) is 31.2 Å². The summed E-state index contributed by atoms with van der Waals surface area (Å²) in [6.45, 7) is 1.87. The van der Waals surface area contributed by atoms with Gasteiger partial charge in [0.2, 0.25) is 0 Å². The Kier molecular flexibility index (Phi) is 3.88. The van der Waals surface area contributed by atoms with Gasteiger partial charge < -0.3 is 10.4 Å². The zero-order valence-electron chi connectivity index (χ0n) is 12.2. The summed E-state index contributed by atoms with van der Waals surface area (Å²) < 4.78 is 0. The fraction of sp³-hybridized carbons (Fsp3) is 0.412. The molecular formula is C17H20N2O2. The Bertz CT molecular complexity index is 661. The second-order valence-corrected chi connectivity index (χ2v) is 5.78. The van der Waals surface area contributed by atoms with Crippen LogP contribution in [-0.2, 0) is 0 Å². The first-order valence-corrected chi connectivity index (χ1v) is 7.48. The highest BCUT2D eigenvalue weighted by molar-refractivity contribution is 6.07. The molecule has 1 saturated carbocycles. The van der Waals surface area contributed by atoms with Gasteiger partial charge in [-0.15, -0.1) is 0 Å². The van der Waals surface area contributed by atoms with E-state index in [1.54, 1.807) is 6.20 Å². The van der Waals surface area contributed by atoms with Crippen LogP contribution in [0.15, 0.2) is 30.5 Å². The summed E-state index contributed by atoms with van der Waals surface area (Å²) in [5.74, 6) is -0.0572. The molecule has 1 fully saturated rings. The van der Waals surface area contributed by atoms with Crippen LogP contribution >= 0.6 is 0 Å². The van der Waals surface area contributed by atoms with Crippen LogP contribution in [0.1, 0.15) is 41.7 Å². The van der Waals surface area contributed by atoms with Gasteiger partial charge >= 0.3 is 0 Å². The summed E-state index contributed by atoms with van der Waals surface area (Å²) in [6.07, 6.45) is 4.79. The number of carbonyl (C=O) groups excluding carboxylic acids is 1. The number of benzene rings is 1. The van der Waals surface area contributed by atoms with Gasteiger partial charge in [-0.1, -0.05) is 24.3 Å². The molecule has 1 aliphatic rings. The van der Waals surface area contributed by atoms with Crippen LogP contribution in [0.25, 0.3) is 10.8 Å². The summed E-state index contributed by atoms with van der Waals surface area (Å²) in [5, 5.41) is 14.6. The summed E-state index contributed by atoms with van der Waals surface area (Å²) in [6, 6.07) is 7.97. The van der Waals surface area contributed by atoms with Crippen molar-refractivity contribution in [1.82, 2.24) is 10.3 Å². The van der Waals surface area contributed by atoms with Crippen molar-refractivity contribution < 1.29 is 9.90 Å². The normalized spacial score (nSPS) is 22.2. The quantitative estimate of drug-likeness (QED) is 0.891. The lowest BCUT2D eigenvalue weighted by Crippen LogP contribution is -2.39. The number of aromatic nitrogens is 1. The summed E-state index contributed by atoms with van der Waals surface area (Å²) >= 11 is 0. The Labute approximate surface area is 124 Å². The molecule has 21 heavy (non-hydrogen) atoms. The van der Waals surface area contributed by atoms with Crippen molar-refractivity contribution in [2.75, 3.05) is 0 Å². The molecule has 1 amide bonds. The van der Waals surface area contributed by atoms with Gasteiger partial charge in [0.05, 0.1) is 17.4 Å². The van der Waals surface area contributed by atoms with Crippen molar-refractivity contribution in [3.8, 4) is 0 Å². The Hall–Kier alpha value is -1.94. The molecule has 0 saturated heterocycles. The minimum Gasteiger partial charge on any atom is -0.393 e. The predicted molar refractivity (Wildman–Crippen MR) is 82.2 cm³/mol. The van der Waals surface area contributed by atoms with Crippen LogP contribution < -0.4 is 5.32 Å². The summed E-state index contributed by atoms with van der Waals surface area (Å²) in [5.41, 5.74) is 1.42. The molecule has 0 radical (unpaired) electrons. The molecule has 0 aliphatic heterocycles. The Morgan fingerprint density at radius 1 is 1.24 bits per heavy atom. The molecule has 2 aromatic rings. The summed E-state index contributed by atoms with van der Waals surface area (Å²) in [4.78, 5) is 16.9. The molecule has 0 bridgehead atoms. The second-order valence-electron chi connectivity index (χ2n) is 5.78. The Morgan fingerprint density at radius 2 is 1.95 bits per heavy atom. The molecule has 1 aromatic heterocycles. The van der Waals surface area contributed by atoms with Crippen molar-refractivity contribution in [1.29, 1.82) is 0 Å². The molecule has 4 heteroatoms. The number of aliphatic hydroxyl groups excluding tert-OH is 1. The van der Waals surface area contributed by atoms with Gasteiger partial charge in [-0.3, -0.25) is 9.78 Å². The molecule has 1 heterocycles. The molecule has 1 aliphatic carbocycles. The zero-order valence-corrected chi connectivity index (χ0v) is 12.2. The number of pyridine rings is 1. The van der Waals surface area contributed by atoms with Gasteiger partial charge in [0.25, 0.3) is 5.91 Å². The third-order valence-corrected chi connectivity index (χ3v) is 4.25. The lowest BCUT2D eigenvalue weighted by molar-refractivity contribution is 0.0868. The first-order valence-electron chi connectivity index (χ1n) is 7.48. The number of amides is 1. The first-order chi connectivity index (χ1) is 10.1. The molecule has 4 nitrogen and oxygen atoms in total. The van der Waals surface area contributed by atoms with Gasteiger partial charge in [0.1, 0.15) is 0 Å². The highest BCUT2D eigenvalue weighted by atomic mass is 16.3. The number of hydrogen-bond acceptors (Lipinski definition) is 3. The maximum absolute atomic E-state index is 12.6. The van der Waals surface area contributed by atoms with Crippen molar-refractivity contribution in [3.05, 3.63) is 41.7 Å². The molecule has 110 valence electrons. The molecular weight excluding hydrogens is 264 g/mol. The zero-order chi connectivity index (χ0) is 14.8. The SMILES string of the molecule is Cc1ncc2ccccc2c1C(=O)NC1CCC(O)CC1. The minimum atomic E-state index is -0.209. The standard InChI is InChI=1S/C17H20N2O2/c1-11-16(15-5-3-2-4-12(15)10-18-11)17(21)19-13-6-8-14(20)9-7-13/h2-5,10,13-14,20H,6-9H2,1H3,(H,19,21). The molecule has 0 atom stereocenters. The minimum absolute atomic E-state index is 0.0572. The van der Waals surface area contributed by atoms with E-state index in [-0.39, 0.29) is 18.1 Å². The number of aliphatic hydroxyl groups is 1. The summed E-state index contributed by atoms with van der Waals surface area (Å²) in [7, 11) is 0. The van der Waals surface area contributed by atoms with Crippen molar-refractivity contribution in [2.45, 2.75) is 44.8 Å². The Morgan fingerprint density at radius 3 is 2.71 bits per heavy atom. The maximum Gasteiger partial charge on any atom is 0.253 e. The van der Waals surface area contributed by atoms with Crippen LogP contribution in [0.5, 0.6) is 0 Å². The number of nitrogens with one attached hydrogen (secondary N) is 1. The number of nitrogens with zero attached hydrogens (tertiary/aromatic N) is 1. The number of carbonyl (C=O) groups is 1. The molecule has 0 spiro atoms. The molecule has 0 unspecified atom stereocenters.